The summed E-state index contributed by atoms with van der Waals surface area (Å²) in [7, 11) is 0. The summed E-state index contributed by atoms with van der Waals surface area (Å²) in [5.74, 6) is 0. The Balaban J connectivity index is 1.91. The summed E-state index contributed by atoms with van der Waals surface area (Å²) in [4.78, 5) is 19.7. The fourth-order valence-corrected chi connectivity index (χ4v) is 4.28. The molecule has 0 saturated carbocycles. The molecule has 0 fully saturated rings. The van der Waals surface area contributed by atoms with Gasteiger partial charge in [0.25, 0.3) is 0 Å². The summed E-state index contributed by atoms with van der Waals surface area (Å²) in [5, 5.41) is 4.55. The lowest BCUT2D eigenvalue weighted by Crippen LogP contribution is -1.88. The van der Waals surface area contributed by atoms with Crippen LogP contribution in [-0.2, 0) is 0 Å². The number of nitrogens with zero attached hydrogens (tertiary/aromatic N) is 4. The standard InChI is InChI=1S/C30H26N4/c1-19-13-20(2)32-29-17-25-11-7-8-12-26(25)18-30(29)34-22(4)14-21(3)33-28-16-24-10-6-5-9-23(24)15-27(28)31-19/h5-18H,1-4H3. The maximum Gasteiger partial charge on any atom is 0.0895 e. The number of fused-ring (bicyclic) bond motifs is 4. The van der Waals surface area contributed by atoms with Gasteiger partial charge in [-0.15, -0.1) is 0 Å². The minimum absolute atomic E-state index is 0.839. The molecule has 4 nitrogen and oxygen atoms in total. The van der Waals surface area contributed by atoms with Gasteiger partial charge < -0.3 is 0 Å². The molecule has 0 amide bonds. The molecular weight excluding hydrogens is 416 g/mol. The number of benzene rings is 4. The first-order valence-electron chi connectivity index (χ1n) is 11.4. The maximum absolute atomic E-state index is 4.92. The molecule has 0 atom stereocenters. The van der Waals surface area contributed by atoms with E-state index >= 15 is 0 Å². The molecule has 0 unspecified atom stereocenters. The van der Waals surface area contributed by atoms with Crippen LogP contribution >= 0.6 is 0 Å². The Bertz CT molecular complexity index is 1450. The molecule has 0 saturated heterocycles. The van der Waals surface area contributed by atoms with Gasteiger partial charge >= 0.3 is 0 Å². The van der Waals surface area contributed by atoms with Crippen molar-refractivity contribution in [3.05, 3.63) is 108 Å². The van der Waals surface area contributed by atoms with Crippen LogP contribution in [0.5, 0.6) is 0 Å². The maximum atomic E-state index is 4.92. The van der Waals surface area contributed by atoms with Gasteiger partial charge in [0.2, 0.25) is 0 Å². The van der Waals surface area contributed by atoms with Crippen molar-refractivity contribution in [1.29, 1.82) is 0 Å². The molecule has 5 rings (SSSR count). The van der Waals surface area contributed by atoms with Gasteiger partial charge in [0.1, 0.15) is 0 Å². The van der Waals surface area contributed by atoms with Gasteiger partial charge in [-0.2, -0.15) is 0 Å². The van der Waals surface area contributed by atoms with Crippen molar-refractivity contribution < 1.29 is 0 Å². The molecule has 0 spiro atoms. The van der Waals surface area contributed by atoms with Crippen LogP contribution in [0.15, 0.2) is 84.9 Å². The molecule has 5 aromatic rings. The molecule has 0 aliphatic rings. The molecule has 0 aliphatic heterocycles. The lowest BCUT2D eigenvalue weighted by atomic mass is 10.1. The lowest BCUT2D eigenvalue weighted by Gasteiger charge is -2.02. The number of hydrogen-bond acceptors (Lipinski definition) is 4. The molecule has 0 radical (unpaired) electrons. The predicted octanol–water partition coefficient (Wildman–Crippen LogP) is 7.36. The highest BCUT2D eigenvalue weighted by Crippen LogP contribution is 2.21. The van der Waals surface area contributed by atoms with E-state index in [1.807, 2.05) is 64.1 Å². The van der Waals surface area contributed by atoms with Crippen molar-refractivity contribution in [2.24, 2.45) is 0 Å². The molecule has 4 heteroatoms. The van der Waals surface area contributed by atoms with Crippen LogP contribution in [0.4, 0.5) is 0 Å². The lowest BCUT2D eigenvalue weighted by molar-refractivity contribution is 1.17. The Morgan fingerprint density at radius 2 is 0.588 bits per heavy atom. The van der Waals surface area contributed by atoms with Gasteiger partial charge in [-0.3, -0.25) is 19.9 Å². The zero-order chi connectivity index (χ0) is 23.7. The highest BCUT2D eigenvalue weighted by molar-refractivity contribution is 5.95. The van der Waals surface area contributed by atoms with E-state index in [2.05, 4.69) is 48.5 Å². The van der Waals surface area contributed by atoms with Crippen molar-refractivity contribution in [2.45, 2.75) is 27.7 Å². The van der Waals surface area contributed by atoms with Crippen molar-refractivity contribution in [3.8, 4) is 0 Å². The van der Waals surface area contributed by atoms with E-state index in [-0.39, 0.29) is 0 Å². The van der Waals surface area contributed by atoms with E-state index in [0.717, 1.165) is 66.4 Å². The van der Waals surface area contributed by atoms with E-state index < -0.39 is 0 Å². The Hall–Kier alpha value is -4.18. The minimum Gasteiger partial charge on any atom is -0.251 e. The fraction of sp³-hybridized carbons (Fsp3) is 0.133. The molecule has 1 heterocycles. The van der Waals surface area contributed by atoms with Crippen molar-refractivity contribution in [2.75, 3.05) is 0 Å². The summed E-state index contributed by atoms with van der Waals surface area (Å²) in [6.07, 6.45) is 0. The zero-order valence-corrected chi connectivity index (χ0v) is 19.9. The van der Waals surface area contributed by atoms with Crippen LogP contribution in [0.3, 0.4) is 0 Å². The third-order valence-corrected chi connectivity index (χ3v) is 5.71. The molecule has 4 aromatic carbocycles. The van der Waals surface area contributed by atoms with Crippen LogP contribution in [-0.4, -0.2) is 19.9 Å². The Kier molecular flexibility index (Phi) is 5.72. The fourth-order valence-electron chi connectivity index (χ4n) is 4.28. The SMILES string of the molecule is Cc1cc(C)nc2cc3ccccc3cc2nc(C)cc(C)nc2cc3ccccc3cc2n1. The third-order valence-electron chi connectivity index (χ3n) is 5.71. The largest absolute Gasteiger partial charge is 0.251 e. The van der Waals surface area contributed by atoms with Crippen LogP contribution in [0, 0.1) is 27.7 Å². The average molecular weight is 443 g/mol. The van der Waals surface area contributed by atoms with Crippen LogP contribution in [0.2, 0.25) is 0 Å². The number of rotatable bonds is 0. The van der Waals surface area contributed by atoms with E-state index in [1.54, 1.807) is 0 Å². The molecule has 0 bridgehead atoms. The normalized spacial score (nSPS) is 10.9. The molecule has 34 heavy (non-hydrogen) atoms. The Morgan fingerprint density at radius 1 is 0.353 bits per heavy atom. The molecule has 1 aromatic heterocycles. The molecule has 0 N–H and O–H groups in total. The Morgan fingerprint density at radius 3 is 0.824 bits per heavy atom. The quantitative estimate of drug-likeness (QED) is 0.251. The first kappa shape index (κ1) is 21.7. The van der Waals surface area contributed by atoms with Crippen molar-refractivity contribution in [3.63, 3.8) is 0 Å². The topological polar surface area (TPSA) is 51.6 Å². The number of aromatic nitrogens is 4. The summed E-state index contributed by atoms with van der Waals surface area (Å²) in [6.45, 7) is 7.98. The second-order valence-electron chi connectivity index (χ2n) is 8.68. The van der Waals surface area contributed by atoms with E-state index in [0.29, 0.717) is 0 Å². The monoisotopic (exact) mass is 442 g/mol. The minimum atomic E-state index is 0.839. The van der Waals surface area contributed by atoms with E-state index in [9.17, 15) is 0 Å². The van der Waals surface area contributed by atoms with Crippen molar-refractivity contribution >= 4 is 43.6 Å². The van der Waals surface area contributed by atoms with E-state index in [4.69, 9.17) is 19.9 Å². The summed E-state index contributed by atoms with van der Waals surface area (Å²) < 4.78 is 0. The van der Waals surface area contributed by atoms with Crippen LogP contribution in [0.1, 0.15) is 22.8 Å². The van der Waals surface area contributed by atoms with Crippen molar-refractivity contribution in [1.82, 2.24) is 19.9 Å². The second-order valence-corrected chi connectivity index (χ2v) is 8.68. The second kappa shape index (κ2) is 8.99. The molecule has 166 valence electrons. The predicted molar refractivity (Wildman–Crippen MR) is 142 cm³/mol. The molecule has 0 aliphatic carbocycles. The third kappa shape index (κ3) is 4.62. The first-order valence-corrected chi connectivity index (χ1v) is 11.4. The van der Waals surface area contributed by atoms with Gasteiger partial charge in [0.15, 0.2) is 0 Å². The number of hydrogen-bond donors (Lipinski definition) is 0. The van der Waals surface area contributed by atoms with Gasteiger partial charge in [-0.05, 0) is 85.6 Å². The van der Waals surface area contributed by atoms with Crippen LogP contribution in [0.25, 0.3) is 43.6 Å². The summed E-state index contributed by atoms with van der Waals surface area (Å²) in [6, 6.07) is 29.0. The average Bonchev–Trinajstić information content (AvgIpc) is 2.79. The number of aryl methyl sites for hydroxylation is 4. The first-order chi connectivity index (χ1) is 16.4. The highest BCUT2D eigenvalue weighted by Gasteiger charge is 2.01. The van der Waals surface area contributed by atoms with Gasteiger partial charge in [0.05, 0.1) is 22.1 Å². The Labute approximate surface area is 199 Å². The van der Waals surface area contributed by atoms with Crippen LogP contribution < -0.4 is 0 Å². The summed E-state index contributed by atoms with van der Waals surface area (Å²) >= 11 is 0. The smallest absolute Gasteiger partial charge is 0.0895 e. The highest BCUT2D eigenvalue weighted by atomic mass is 14.8. The molecular formula is C30H26N4. The zero-order valence-electron chi connectivity index (χ0n) is 19.9. The van der Waals surface area contributed by atoms with E-state index in [1.165, 1.54) is 0 Å². The van der Waals surface area contributed by atoms with Gasteiger partial charge in [0, 0.05) is 22.8 Å². The summed E-state index contributed by atoms with van der Waals surface area (Å²) in [5.41, 5.74) is 6.83. The van der Waals surface area contributed by atoms with Gasteiger partial charge in [-0.1, -0.05) is 48.5 Å². The van der Waals surface area contributed by atoms with Gasteiger partial charge in [-0.25, -0.2) is 0 Å².